The van der Waals surface area contributed by atoms with Crippen LogP contribution in [-0.2, 0) is 14.3 Å². The van der Waals surface area contributed by atoms with Gasteiger partial charge < -0.3 is 19.6 Å². The quantitative estimate of drug-likeness (QED) is 0.535. The van der Waals surface area contributed by atoms with E-state index in [-0.39, 0.29) is 11.1 Å². The predicted octanol–water partition coefficient (Wildman–Crippen LogP) is 1.28. The van der Waals surface area contributed by atoms with E-state index < -0.39 is 24.4 Å². The third-order valence-corrected chi connectivity index (χ3v) is 4.69. The number of esters is 1. The van der Waals surface area contributed by atoms with Crippen molar-refractivity contribution in [3.8, 4) is 0 Å². The Morgan fingerprint density at radius 3 is 3.08 bits per heavy atom. The smallest absolute Gasteiger partial charge is 0.340 e. The first kappa shape index (κ1) is 18.5. The molecule has 2 atom stereocenters. The molecule has 0 saturated carbocycles. The second kappa shape index (κ2) is 7.96. The molecule has 1 fully saturated rings. The summed E-state index contributed by atoms with van der Waals surface area (Å²) in [7, 11) is 0. The van der Waals surface area contributed by atoms with Crippen LogP contribution < -0.4 is 5.56 Å². The van der Waals surface area contributed by atoms with E-state index >= 15 is 0 Å². The van der Waals surface area contributed by atoms with Crippen LogP contribution in [0.2, 0.25) is 0 Å². The Morgan fingerprint density at radius 1 is 1.46 bits per heavy atom. The lowest BCUT2D eigenvalue weighted by Gasteiger charge is -2.25. The summed E-state index contributed by atoms with van der Waals surface area (Å²) in [6.07, 6.45) is 7.01. The van der Waals surface area contributed by atoms with Crippen molar-refractivity contribution >= 4 is 17.1 Å². The maximum atomic E-state index is 12.5. The molecule has 0 aromatic carbocycles. The molecule has 9 nitrogen and oxygen atoms in total. The van der Waals surface area contributed by atoms with Gasteiger partial charge in [0.15, 0.2) is 16.8 Å². The highest BCUT2D eigenvalue weighted by atomic mass is 16.6. The maximum absolute atomic E-state index is 12.5. The van der Waals surface area contributed by atoms with Gasteiger partial charge in [0.1, 0.15) is 6.23 Å². The van der Waals surface area contributed by atoms with Crippen molar-refractivity contribution in [1.29, 1.82) is 0 Å². The second-order valence-corrected chi connectivity index (χ2v) is 6.52. The van der Waals surface area contributed by atoms with Crippen LogP contribution in [0.3, 0.4) is 0 Å². The molecule has 26 heavy (non-hydrogen) atoms. The molecule has 0 radical (unpaired) electrons. The zero-order valence-electron chi connectivity index (χ0n) is 14.8. The summed E-state index contributed by atoms with van der Waals surface area (Å²) in [5, 5.41) is 9.78. The topological polar surface area (TPSA) is 119 Å². The lowest BCUT2D eigenvalue weighted by Crippen LogP contribution is -2.43. The van der Waals surface area contributed by atoms with Gasteiger partial charge in [0.25, 0.3) is 5.56 Å². The average molecular weight is 364 g/mol. The maximum Gasteiger partial charge on any atom is 0.340 e. The number of nitrogens with one attached hydrogen (secondary N) is 1. The number of nitrogens with zero attached hydrogens (tertiary/aromatic N) is 3. The van der Waals surface area contributed by atoms with Crippen LogP contribution in [0.1, 0.15) is 51.7 Å². The van der Waals surface area contributed by atoms with Crippen LogP contribution in [0.15, 0.2) is 17.4 Å². The number of ether oxygens (including phenoxy) is 2. The molecule has 1 saturated heterocycles. The summed E-state index contributed by atoms with van der Waals surface area (Å²) in [5.74, 6) is -0.547. The Labute approximate surface area is 150 Å². The van der Waals surface area contributed by atoms with Crippen molar-refractivity contribution in [2.75, 3.05) is 13.2 Å². The summed E-state index contributed by atoms with van der Waals surface area (Å²) >= 11 is 0. The highest BCUT2D eigenvalue weighted by Gasteiger charge is 2.48. The molecule has 2 aromatic heterocycles. The van der Waals surface area contributed by atoms with Gasteiger partial charge in [0.05, 0.1) is 25.9 Å². The third kappa shape index (κ3) is 3.49. The fourth-order valence-electron chi connectivity index (χ4n) is 3.16. The number of aromatic amines is 1. The summed E-state index contributed by atoms with van der Waals surface area (Å²) in [6, 6.07) is 0. The number of H-pyrrole nitrogens is 1. The summed E-state index contributed by atoms with van der Waals surface area (Å²) in [5.41, 5.74) is -1.14. The molecular weight excluding hydrogens is 340 g/mol. The van der Waals surface area contributed by atoms with Crippen LogP contribution in [-0.4, -0.2) is 49.4 Å². The number of fused-ring (bicyclic) bond motifs is 1. The van der Waals surface area contributed by atoms with Gasteiger partial charge in [-0.1, -0.05) is 26.2 Å². The fraction of sp³-hybridized carbons (Fsp3) is 0.647. The average Bonchev–Trinajstić information content (AvgIpc) is 3.27. The minimum absolute atomic E-state index is 0.205. The second-order valence-electron chi connectivity index (χ2n) is 6.52. The first-order chi connectivity index (χ1) is 12.6. The van der Waals surface area contributed by atoms with Crippen LogP contribution in [0.5, 0.6) is 0 Å². The standard InChI is InChI=1S/C17H24N4O5/c1-2-3-4-5-8-25-16(24)17(9-22)7-6-12(26-17)21-11-20-13-14(21)18-10-19-15(13)23/h10-12,22H,2-9H2,1H3,(H,18,19,23)/t12-,17+/m1/s1. The Balaban J connectivity index is 1.69. The van der Waals surface area contributed by atoms with Gasteiger partial charge in [-0.05, 0) is 19.3 Å². The molecule has 3 heterocycles. The largest absolute Gasteiger partial charge is 0.463 e. The minimum atomic E-state index is -1.38. The number of carbonyl (C=O) groups excluding carboxylic acids is 1. The molecule has 2 N–H and O–H groups in total. The van der Waals surface area contributed by atoms with Crippen molar-refractivity contribution < 1.29 is 19.4 Å². The molecular formula is C17H24N4O5. The number of aliphatic hydroxyl groups is 1. The van der Waals surface area contributed by atoms with E-state index in [0.29, 0.717) is 25.1 Å². The number of unbranched alkanes of at least 4 members (excludes halogenated alkanes) is 3. The molecule has 0 unspecified atom stereocenters. The SMILES string of the molecule is CCCCCCOC(=O)[C@@]1(CO)CC[C@H](n2cnc3c(=O)[nH]cnc32)O1. The highest BCUT2D eigenvalue weighted by molar-refractivity contribution is 5.80. The van der Waals surface area contributed by atoms with E-state index in [2.05, 4.69) is 21.9 Å². The number of rotatable bonds is 8. The Hall–Kier alpha value is -2.26. The molecule has 1 aliphatic heterocycles. The lowest BCUT2D eigenvalue weighted by molar-refractivity contribution is -0.180. The summed E-state index contributed by atoms with van der Waals surface area (Å²) < 4.78 is 12.8. The lowest BCUT2D eigenvalue weighted by atomic mass is 10.0. The van der Waals surface area contributed by atoms with Gasteiger partial charge in [0, 0.05) is 0 Å². The van der Waals surface area contributed by atoms with E-state index in [0.717, 1.165) is 25.7 Å². The number of aromatic nitrogens is 4. The van der Waals surface area contributed by atoms with Gasteiger partial charge in [-0.3, -0.25) is 9.36 Å². The fourth-order valence-corrected chi connectivity index (χ4v) is 3.16. The monoisotopic (exact) mass is 364 g/mol. The zero-order valence-corrected chi connectivity index (χ0v) is 14.8. The Bertz CT molecular complexity index is 817. The van der Waals surface area contributed by atoms with Gasteiger partial charge in [-0.2, -0.15) is 0 Å². The van der Waals surface area contributed by atoms with Crippen molar-refractivity contribution in [3.05, 3.63) is 23.0 Å². The van der Waals surface area contributed by atoms with Crippen LogP contribution in [0.4, 0.5) is 0 Å². The molecule has 0 amide bonds. The molecule has 0 bridgehead atoms. The highest BCUT2D eigenvalue weighted by Crippen LogP contribution is 2.38. The molecule has 3 rings (SSSR count). The zero-order chi connectivity index (χ0) is 18.6. The molecule has 0 aliphatic carbocycles. The van der Waals surface area contributed by atoms with Crippen molar-refractivity contribution in [3.63, 3.8) is 0 Å². The van der Waals surface area contributed by atoms with Crippen molar-refractivity contribution in [2.45, 2.75) is 57.3 Å². The summed E-state index contributed by atoms with van der Waals surface area (Å²) in [4.78, 5) is 34.9. The number of hydrogen-bond acceptors (Lipinski definition) is 7. The molecule has 2 aromatic rings. The molecule has 142 valence electrons. The van der Waals surface area contributed by atoms with Crippen LogP contribution in [0, 0.1) is 0 Å². The predicted molar refractivity (Wildman–Crippen MR) is 92.4 cm³/mol. The minimum Gasteiger partial charge on any atom is -0.463 e. The number of aliphatic hydroxyl groups excluding tert-OH is 1. The first-order valence-corrected chi connectivity index (χ1v) is 8.97. The molecule has 9 heteroatoms. The normalized spacial score (nSPS) is 22.8. The Morgan fingerprint density at radius 2 is 2.31 bits per heavy atom. The number of imidazole rings is 1. The van der Waals surface area contributed by atoms with E-state index in [1.165, 1.54) is 12.7 Å². The van der Waals surface area contributed by atoms with E-state index in [4.69, 9.17) is 9.47 Å². The van der Waals surface area contributed by atoms with Crippen molar-refractivity contribution in [2.24, 2.45) is 0 Å². The van der Waals surface area contributed by atoms with E-state index in [1.54, 1.807) is 4.57 Å². The Kier molecular flexibility index (Phi) is 5.67. The van der Waals surface area contributed by atoms with Gasteiger partial charge in [-0.15, -0.1) is 0 Å². The van der Waals surface area contributed by atoms with Gasteiger partial charge >= 0.3 is 5.97 Å². The molecule has 0 spiro atoms. The third-order valence-electron chi connectivity index (χ3n) is 4.69. The van der Waals surface area contributed by atoms with Gasteiger partial charge in [0.2, 0.25) is 0 Å². The van der Waals surface area contributed by atoms with Crippen molar-refractivity contribution in [1.82, 2.24) is 19.5 Å². The first-order valence-electron chi connectivity index (χ1n) is 8.97. The van der Waals surface area contributed by atoms with E-state index in [9.17, 15) is 14.7 Å². The van der Waals surface area contributed by atoms with E-state index in [1.807, 2.05) is 0 Å². The number of carbonyl (C=O) groups is 1. The van der Waals surface area contributed by atoms with Crippen LogP contribution >= 0.6 is 0 Å². The number of hydrogen-bond donors (Lipinski definition) is 2. The summed E-state index contributed by atoms with van der Waals surface area (Å²) in [6.45, 7) is 1.97. The van der Waals surface area contributed by atoms with Gasteiger partial charge in [-0.25, -0.2) is 14.8 Å². The molecule has 1 aliphatic rings. The van der Waals surface area contributed by atoms with Crippen LogP contribution in [0.25, 0.3) is 11.2 Å².